The maximum Gasteiger partial charge on any atom is 0.241 e. The maximum absolute atomic E-state index is 12.2. The van der Waals surface area contributed by atoms with Crippen molar-refractivity contribution in [2.24, 2.45) is 17.8 Å². The van der Waals surface area contributed by atoms with E-state index in [4.69, 9.17) is 0 Å². The van der Waals surface area contributed by atoms with Crippen molar-refractivity contribution in [1.29, 1.82) is 0 Å². The second-order valence-corrected chi connectivity index (χ2v) is 7.26. The van der Waals surface area contributed by atoms with Crippen LogP contribution >= 0.6 is 0 Å². The normalized spacial score (nSPS) is 25.2. The zero-order chi connectivity index (χ0) is 16.5. The first-order valence-electron chi connectivity index (χ1n) is 8.92. The van der Waals surface area contributed by atoms with Crippen molar-refractivity contribution in [3.8, 4) is 0 Å². The minimum Gasteiger partial charge on any atom is -0.354 e. The van der Waals surface area contributed by atoms with Gasteiger partial charge in [0.15, 0.2) is 0 Å². The van der Waals surface area contributed by atoms with E-state index in [1.165, 1.54) is 31.9 Å². The summed E-state index contributed by atoms with van der Waals surface area (Å²) in [6, 6.07) is 7.27. The van der Waals surface area contributed by atoms with E-state index in [0.29, 0.717) is 10.9 Å². The van der Waals surface area contributed by atoms with Crippen LogP contribution in [0.1, 0.15) is 32.1 Å². The van der Waals surface area contributed by atoms with E-state index in [0.717, 1.165) is 30.7 Å². The molecular weight excluding hydrogens is 302 g/mol. The molecule has 2 bridgehead atoms. The number of carbonyl (C=O) groups is 1. The van der Waals surface area contributed by atoms with Crippen LogP contribution in [0.2, 0.25) is 0 Å². The van der Waals surface area contributed by atoms with Crippen LogP contribution in [0.15, 0.2) is 35.3 Å². The Morgan fingerprint density at radius 1 is 1.25 bits per heavy atom. The fourth-order valence-corrected chi connectivity index (χ4v) is 4.61. The third kappa shape index (κ3) is 2.95. The first-order valence-corrected chi connectivity index (χ1v) is 8.92. The Kier molecular flexibility index (Phi) is 4.08. The summed E-state index contributed by atoms with van der Waals surface area (Å²) >= 11 is 0. The lowest BCUT2D eigenvalue weighted by molar-refractivity contribution is -0.121. The van der Waals surface area contributed by atoms with Crippen LogP contribution in [0, 0.1) is 17.8 Å². The van der Waals surface area contributed by atoms with Crippen LogP contribution < -0.4 is 10.7 Å². The molecule has 0 radical (unpaired) electrons. The lowest BCUT2D eigenvalue weighted by Crippen LogP contribution is -2.31. The number of para-hydroxylation sites is 1. The number of hydrogen-bond acceptors (Lipinski definition) is 3. The standard InChI is InChI=1S/C19H23N3O2/c23-18-11-21-22(17-4-2-1-3-16(17)18)12-19(24)20-8-7-15-10-13-5-6-14(15)9-13/h1-4,11,13-15H,5-10,12H2,(H,20,24). The molecule has 1 N–H and O–H groups in total. The number of amides is 1. The van der Waals surface area contributed by atoms with E-state index >= 15 is 0 Å². The summed E-state index contributed by atoms with van der Waals surface area (Å²) in [5, 5.41) is 7.72. The number of rotatable bonds is 5. The molecule has 2 fully saturated rings. The number of fused-ring (bicyclic) bond motifs is 3. The summed E-state index contributed by atoms with van der Waals surface area (Å²) in [4.78, 5) is 24.0. The molecule has 2 saturated carbocycles. The van der Waals surface area contributed by atoms with Gasteiger partial charge in [0.1, 0.15) is 6.54 Å². The van der Waals surface area contributed by atoms with E-state index < -0.39 is 0 Å². The molecule has 5 nitrogen and oxygen atoms in total. The smallest absolute Gasteiger partial charge is 0.241 e. The van der Waals surface area contributed by atoms with Crippen LogP contribution in [0.3, 0.4) is 0 Å². The highest BCUT2D eigenvalue weighted by Crippen LogP contribution is 2.49. The zero-order valence-corrected chi connectivity index (χ0v) is 13.8. The summed E-state index contributed by atoms with van der Waals surface area (Å²) in [6.45, 7) is 0.891. The number of carbonyl (C=O) groups excluding carboxylic acids is 1. The number of aromatic nitrogens is 2. The molecule has 2 aromatic rings. The Morgan fingerprint density at radius 3 is 2.92 bits per heavy atom. The topological polar surface area (TPSA) is 64.0 Å². The van der Waals surface area contributed by atoms with Crippen molar-refractivity contribution in [3.63, 3.8) is 0 Å². The predicted molar refractivity (Wildman–Crippen MR) is 92.6 cm³/mol. The number of hydrogen-bond donors (Lipinski definition) is 1. The van der Waals surface area contributed by atoms with Gasteiger partial charge in [-0.3, -0.25) is 14.3 Å². The highest BCUT2D eigenvalue weighted by atomic mass is 16.2. The fourth-order valence-electron chi connectivity index (χ4n) is 4.61. The first kappa shape index (κ1) is 15.4. The highest BCUT2D eigenvalue weighted by molar-refractivity contribution is 5.81. The van der Waals surface area contributed by atoms with Crippen molar-refractivity contribution < 1.29 is 4.79 Å². The quantitative estimate of drug-likeness (QED) is 0.918. The molecule has 1 heterocycles. The van der Waals surface area contributed by atoms with Gasteiger partial charge in [0, 0.05) is 11.9 Å². The molecule has 1 aromatic heterocycles. The highest BCUT2D eigenvalue weighted by Gasteiger charge is 2.38. The third-order valence-electron chi connectivity index (χ3n) is 5.78. The molecule has 24 heavy (non-hydrogen) atoms. The van der Waals surface area contributed by atoms with Crippen LogP contribution in [-0.2, 0) is 11.3 Å². The van der Waals surface area contributed by atoms with Gasteiger partial charge in [0.25, 0.3) is 0 Å². The van der Waals surface area contributed by atoms with E-state index in [1.807, 2.05) is 18.2 Å². The Morgan fingerprint density at radius 2 is 2.12 bits per heavy atom. The van der Waals surface area contributed by atoms with E-state index in [2.05, 4.69) is 10.4 Å². The summed E-state index contributed by atoms with van der Waals surface area (Å²) in [5.74, 6) is 2.61. The molecule has 5 heteroatoms. The monoisotopic (exact) mass is 325 g/mol. The van der Waals surface area contributed by atoms with Crippen molar-refractivity contribution in [2.75, 3.05) is 6.54 Å². The van der Waals surface area contributed by atoms with Crippen LogP contribution in [-0.4, -0.2) is 22.2 Å². The second kappa shape index (κ2) is 6.38. The minimum absolute atomic E-state index is 0.0422. The average molecular weight is 325 g/mol. The Balaban J connectivity index is 1.35. The van der Waals surface area contributed by atoms with Crippen molar-refractivity contribution >= 4 is 16.8 Å². The SMILES string of the molecule is O=C(Cn1ncc(=O)c2ccccc21)NCCC1CC2CCC1C2. The maximum atomic E-state index is 12.2. The van der Waals surface area contributed by atoms with Gasteiger partial charge < -0.3 is 5.32 Å². The number of benzene rings is 1. The van der Waals surface area contributed by atoms with E-state index in [1.54, 1.807) is 10.7 Å². The minimum atomic E-state index is -0.112. The van der Waals surface area contributed by atoms with Gasteiger partial charge in [0.05, 0.1) is 11.7 Å². The Labute approximate surface area is 141 Å². The Bertz CT molecular complexity index is 814. The van der Waals surface area contributed by atoms with Crippen molar-refractivity contribution in [2.45, 2.75) is 38.6 Å². The Hall–Kier alpha value is -2.17. The van der Waals surface area contributed by atoms with E-state index in [9.17, 15) is 9.59 Å². The van der Waals surface area contributed by atoms with Gasteiger partial charge in [-0.15, -0.1) is 0 Å². The molecule has 1 aromatic carbocycles. The molecule has 1 amide bonds. The lowest BCUT2D eigenvalue weighted by atomic mass is 9.86. The molecule has 4 rings (SSSR count). The largest absolute Gasteiger partial charge is 0.354 e. The van der Waals surface area contributed by atoms with Gasteiger partial charge in [-0.25, -0.2) is 0 Å². The van der Waals surface area contributed by atoms with Crippen molar-refractivity contribution in [1.82, 2.24) is 15.1 Å². The third-order valence-corrected chi connectivity index (χ3v) is 5.78. The number of nitrogens with one attached hydrogen (secondary N) is 1. The average Bonchev–Trinajstić information content (AvgIpc) is 3.21. The van der Waals surface area contributed by atoms with Gasteiger partial charge in [0.2, 0.25) is 11.3 Å². The fraction of sp³-hybridized carbons (Fsp3) is 0.526. The van der Waals surface area contributed by atoms with E-state index in [-0.39, 0.29) is 17.9 Å². The van der Waals surface area contributed by atoms with Crippen LogP contribution in [0.25, 0.3) is 10.9 Å². The molecular formula is C19H23N3O2. The summed E-state index contributed by atoms with van der Waals surface area (Å²) in [6.07, 6.45) is 7.93. The van der Waals surface area contributed by atoms with Gasteiger partial charge in [-0.2, -0.15) is 5.10 Å². The molecule has 2 aliphatic carbocycles. The molecule has 0 aliphatic heterocycles. The lowest BCUT2D eigenvalue weighted by Gasteiger charge is -2.21. The van der Waals surface area contributed by atoms with Crippen molar-refractivity contribution in [3.05, 3.63) is 40.7 Å². The predicted octanol–water partition coefficient (Wildman–Crippen LogP) is 2.34. The zero-order valence-electron chi connectivity index (χ0n) is 13.8. The van der Waals surface area contributed by atoms with Crippen LogP contribution in [0.5, 0.6) is 0 Å². The molecule has 3 unspecified atom stereocenters. The first-order chi connectivity index (χ1) is 11.7. The van der Waals surface area contributed by atoms with Crippen LogP contribution in [0.4, 0.5) is 0 Å². The number of nitrogens with zero attached hydrogens (tertiary/aromatic N) is 2. The molecule has 0 spiro atoms. The van der Waals surface area contributed by atoms with Gasteiger partial charge in [-0.1, -0.05) is 18.6 Å². The van der Waals surface area contributed by atoms with Gasteiger partial charge in [-0.05, 0) is 55.6 Å². The summed E-state index contributed by atoms with van der Waals surface area (Å²) in [7, 11) is 0. The molecule has 0 saturated heterocycles. The molecule has 126 valence electrons. The van der Waals surface area contributed by atoms with Gasteiger partial charge >= 0.3 is 0 Å². The molecule has 2 aliphatic rings. The second-order valence-electron chi connectivity index (χ2n) is 7.26. The summed E-state index contributed by atoms with van der Waals surface area (Å²) in [5.41, 5.74) is 0.590. The summed E-state index contributed by atoms with van der Waals surface area (Å²) < 4.78 is 1.60. The molecule has 3 atom stereocenters.